The molecule has 2 N–H and O–H groups in total. The fourth-order valence-electron chi connectivity index (χ4n) is 2.04. The van der Waals surface area contributed by atoms with E-state index in [-0.39, 0.29) is 0 Å². The third kappa shape index (κ3) is 3.56. The van der Waals surface area contributed by atoms with Crippen LogP contribution in [0.3, 0.4) is 0 Å². The largest absolute Gasteiger partial charge is 0.378 e. The van der Waals surface area contributed by atoms with E-state index in [2.05, 4.69) is 27.5 Å². The molecule has 1 saturated heterocycles. The number of hydrogen-bond acceptors (Lipinski definition) is 5. The standard InChI is InChI=1S/C12H20N4O/c1-3-14-11-7-13-8-12(16-11)15-10-4-5-17-9(2)6-10/h7-10H,3-6H2,1-2H3,(H2,14,15,16). The molecule has 1 aliphatic rings. The van der Waals surface area contributed by atoms with Crippen LogP contribution in [0.4, 0.5) is 11.6 Å². The van der Waals surface area contributed by atoms with Crippen molar-refractivity contribution in [2.75, 3.05) is 23.8 Å². The van der Waals surface area contributed by atoms with E-state index in [1.54, 1.807) is 12.4 Å². The summed E-state index contributed by atoms with van der Waals surface area (Å²) in [4.78, 5) is 8.63. The van der Waals surface area contributed by atoms with Crippen molar-refractivity contribution in [2.45, 2.75) is 38.8 Å². The summed E-state index contributed by atoms with van der Waals surface area (Å²) in [5, 5.41) is 6.57. The molecule has 2 atom stereocenters. The summed E-state index contributed by atoms with van der Waals surface area (Å²) in [5.74, 6) is 1.65. The Kier molecular flexibility index (Phi) is 4.14. The summed E-state index contributed by atoms with van der Waals surface area (Å²) >= 11 is 0. The Morgan fingerprint density at radius 3 is 3.00 bits per heavy atom. The lowest BCUT2D eigenvalue weighted by molar-refractivity contribution is 0.0232. The number of nitrogens with zero attached hydrogens (tertiary/aromatic N) is 2. The second-order valence-electron chi connectivity index (χ2n) is 4.37. The van der Waals surface area contributed by atoms with E-state index in [0.29, 0.717) is 12.1 Å². The van der Waals surface area contributed by atoms with Crippen molar-refractivity contribution in [2.24, 2.45) is 0 Å². The van der Waals surface area contributed by atoms with E-state index in [1.807, 2.05) is 6.92 Å². The third-order valence-electron chi connectivity index (χ3n) is 2.83. The Morgan fingerprint density at radius 1 is 1.41 bits per heavy atom. The van der Waals surface area contributed by atoms with E-state index in [1.165, 1.54) is 0 Å². The van der Waals surface area contributed by atoms with Gasteiger partial charge in [0.25, 0.3) is 0 Å². The zero-order valence-corrected chi connectivity index (χ0v) is 10.4. The van der Waals surface area contributed by atoms with Crippen molar-refractivity contribution in [3.05, 3.63) is 12.4 Å². The molecule has 94 valence electrons. The molecule has 1 fully saturated rings. The van der Waals surface area contributed by atoms with Gasteiger partial charge in [0.2, 0.25) is 0 Å². The maximum atomic E-state index is 5.52. The summed E-state index contributed by atoms with van der Waals surface area (Å²) in [6.07, 6.45) is 5.87. The first-order chi connectivity index (χ1) is 8.28. The number of aromatic nitrogens is 2. The molecule has 2 unspecified atom stereocenters. The van der Waals surface area contributed by atoms with Crippen LogP contribution in [0.5, 0.6) is 0 Å². The highest BCUT2D eigenvalue weighted by Crippen LogP contribution is 2.17. The van der Waals surface area contributed by atoms with Crippen molar-refractivity contribution in [3.8, 4) is 0 Å². The van der Waals surface area contributed by atoms with Crippen LogP contribution in [0.2, 0.25) is 0 Å². The van der Waals surface area contributed by atoms with Crippen molar-refractivity contribution in [1.82, 2.24) is 9.97 Å². The lowest BCUT2D eigenvalue weighted by Gasteiger charge is -2.28. The first-order valence-corrected chi connectivity index (χ1v) is 6.22. The molecule has 5 heteroatoms. The SMILES string of the molecule is CCNc1cncc(NC2CCOC(C)C2)n1. The molecule has 0 aliphatic carbocycles. The van der Waals surface area contributed by atoms with Gasteiger partial charge in [-0.3, -0.25) is 4.98 Å². The number of nitrogens with one attached hydrogen (secondary N) is 2. The van der Waals surface area contributed by atoms with Crippen LogP contribution in [-0.2, 0) is 4.74 Å². The Morgan fingerprint density at radius 2 is 2.24 bits per heavy atom. The lowest BCUT2D eigenvalue weighted by atomic mass is 10.0. The first-order valence-electron chi connectivity index (χ1n) is 6.22. The molecule has 1 aliphatic heterocycles. The van der Waals surface area contributed by atoms with E-state index in [9.17, 15) is 0 Å². The zero-order valence-electron chi connectivity index (χ0n) is 10.4. The van der Waals surface area contributed by atoms with Crippen molar-refractivity contribution >= 4 is 11.6 Å². The molecule has 0 spiro atoms. The quantitative estimate of drug-likeness (QED) is 0.836. The molecule has 5 nitrogen and oxygen atoms in total. The molecular weight excluding hydrogens is 216 g/mol. The smallest absolute Gasteiger partial charge is 0.147 e. The van der Waals surface area contributed by atoms with Gasteiger partial charge in [-0.2, -0.15) is 0 Å². The summed E-state index contributed by atoms with van der Waals surface area (Å²) in [7, 11) is 0. The second kappa shape index (κ2) is 5.82. The monoisotopic (exact) mass is 236 g/mol. The summed E-state index contributed by atoms with van der Waals surface area (Å²) in [5.41, 5.74) is 0. The molecule has 1 aromatic heterocycles. The maximum absolute atomic E-state index is 5.52. The highest BCUT2D eigenvalue weighted by molar-refractivity contribution is 5.42. The number of rotatable bonds is 4. The fraction of sp³-hybridized carbons (Fsp3) is 0.667. The van der Waals surface area contributed by atoms with Gasteiger partial charge in [-0.1, -0.05) is 0 Å². The fourth-order valence-corrected chi connectivity index (χ4v) is 2.04. The van der Waals surface area contributed by atoms with Gasteiger partial charge in [-0.25, -0.2) is 4.98 Å². The van der Waals surface area contributed by atoms with Crippen LogP contribution in [-0.4, -0.2) is 35.3 Å². The zero-order chi connectivity index (χ0) is 12.1. The predicted molar refractivity (Wildman–Crippen MR) is 68.3 cm³/mol. The van der Waals surface area contributed by atoms with Gasteiger partial charge in [0, 0.05) is 19.2 Å². The van der Waals surface area contributed by atoms with Crippen molar-refractivity contribution in [3.63, 3.8) is 0 Å². The molecule has 2 rings (SSSR count). The van der Waals surface area contributed by atoms with E-state index < -0.39 is 0 Å². The number of ether oxygens (including phenoxy) is 1. The van der Waals surface area contributed by atoms with Crippen LogP contribution >= 0.6 is 0 Å². The first kappa shape index (κ1) is 12.1. The molecule has 2 heterocycles. The van der Waals surface area contributed by atoms with Crippen LogP contribution < -0.4 is 10.6 Å². The minimum Gasteiger partial charge on any atom is -0.378 e. The Hall–Kier alpha value is -1.36. The minimum absolute atomic E-state index is 0.325. The summed E-state index contributed by atoms with van der Waals surface area (Å²) in [6.45, 7) is 5.82. The predicted octanol–water partition coefficient (Wildman–Crippen LogP) is 1.89. The molecule has 0 bridgehead atoms. The molecular formula is C12H20N4O. The molecule has 0 amide bonds. The molecule has 0 aromatic carbocycles. The summed E-state index contributed by atoms with van der Waals surface area (Å²) < 4.78 is 5.52. The van der Waals surface area contributed by atoms with Gasteiger partial charge in [0.15, 0.2) is 0 Å². The second-order valence-corrected chi connectivity index (χ2v) is 4.37. The van der Waals surface area contributed by atoms with Crippen molar-refractivity contribution in [1.29, 1.82) is 0 Å². The Balaban J connectivity index is 1.95. The van der Waals surface area contributed by atoms with Gasteiger partial charge in [0.05, 0.1) is 18.5 Å². The molecule has 0 radical (unpaired) electrons. The number of hydrogen-bond donors (Lipinski definition) is 2. The van der Waals surface area contributed by atoms with Crippen molar-refractivity contribution < 1.29 is 4.74 Å². The summed E-state index contributed by atoms with van der Waals surface area (Å²) in [6, 6.07) is 0.435. The highest BCUT2D eigenvalue weighted by Gasteiger charge is 2.19. The van der Waals surface area contributed by atoms with E-state index >= 15 is 0 Å². The van der Waals surface area contributed by atoms with Crippen LogP contribution in [0.15, 0.2) is 12.4 Å². The van der Waals surface area contributed by atoms with Gasteiger partial charge >= 0.3 is 0 Å². The van der Waals surface area contributed by atoms with E-state index in [4.69, 9.17) is 4.74 Å². The topological polar surface area (TPSA) is 59.1 Å². The highest BCUT2D eigenvalue weighted by atomic mass is 16.5. The normalized spacial score (nSPS) is 24.4. The van der Waals surface area contributed by atoms with Gasteiger partial charge in [-0.05, 0) is 26.7 Å². The van der Waals surface area contributed by atoms with Gasteiger partial charge < -0.3 is 15.4 Å². The lowest BCUT2D eigenvalue weighted by Crippen LogP contribution is -2.32. The van der Waals surface area contributed by atoms with Crippen LogP contribution in [0, 0.1) is 0 Å². The molecule has 0 saturated carbocycles. The third-order valence-corrected chi connectivity index (χ3v) is 2.83. The Bertz CT molecular complexity index is 358. The van der Waals surface area contributed by atoms with E-state index in [0.717, 1.165) is 37.6 Å². The van der Waals surface area contributed by atoms with Gasteiger partial charge in [0.1, 0.15) is 11.6 Å². The Labute approximate surface area is 102 Å². The maximum Gasteiger partial charge on any atom is 0.147 e. The van der Waals surface area contributed by atoms with Crippen LogP contribution in [0.25, 0.3) is 0 Å². The molecule has 1 aromatic rings. The molecule has 17 heavy (non-hydrogen) atoms. The minimum atomic E-state index is 0.325. The average molecular weight is 236 g/mol. The number of anilines is 2. The van der Waals surface area contributed by atoms with Crippen LogP contribution in [0.1, 0.15) is 26.7 Å². The van der Waals surface area contributed by atoms with Gasteiger partial charge in [-0.15, -0.1) is 0 Å². The average Bonchev–Trinajstić information content (AvgIpc) is 2.30.